The number of hydrogen-bond acceptors (Lipinski definition) is 2. The van der Waals surface area contributed by atoms with E-state index in [0.717, 1.165) is 12.5 Å². The molecule has 0 saturated carbocycles. The summed E-state index contributed by atoms with van der Waals surface area (Å²) < 4.78 is 4.14. The lowest BCUT2D eigenvalue weighted by molar-refractivity contribution is -0.134. The Labute approximate surface area is 90.7 Å². The molecule has 0 unspecified atom stereocenters. The van der Waals surface area contributed by atoms with Crippen LogP contribution in [0.4, 0.5) is 0 Å². The van der Waals surface area contributed by atoms with E-state index in [1.807, 2.05) is 6.07 Å². The molecule has 0 aliphatic heterocycles. The third-order valence-electron chi connectivity index (χ3n) is 1.62. The minimum Gasteiger partial charge on any atom is -0.466 e. The third kappa shape index (κ3) is 8.71. The SMILES string of the molecule is C=CC(=O)OC.CCc1ccccc1.O. The van der Waals surface area contributed by atoms with Crippen molar-refractivity contribution in [1.82, 2.24) is 0 Å². The lowest BCUT2D eigenvalue weighted by Gasteiger charge is -1.89. The fourth-order valence-electron chi connectivity index (χ4n) is 0.797. The van der Waals surface area contributed by atoms with Crippen molar-refractivity contribution in [3.63, 3.8) is 0 Å². The Morgan fingerprint density at radius 2 is 1.93 bits per heavy atom. The van der Waals surface area contributed by atoms with E-state index in [4.69, 9.17) is 0 Å². The van der Waals surface area contributed by atoms with Gasteiger partial charge in [0, 0.05) is 6.08 Å². The smallest absolute Gasteiger partial charge is 0.329 e. The van der Waals surface area contributed by atoms with Gasteiger partial charge in [0.15, 0.2) is 0 Å². The fourth-order valence-corrected chi connectivity index (χ4v) is 0.797. The van der Waals surface area contributed by atoms with E-state index >= 15 is 0 Å². The molecular weight excluding hydrogens is 192 g/mol. The summed E-state index contributed by atoms with van der Waals surface area (Å²) in [7, 11) is 1.31. The van der Waals surface area contributed by atoms with Crippen LogP contribution in [0.15, 0.2) is 43.0 Å². The van der Waals surface area contributed by atoms with E-state index < -0.39 is 5.97 Å². The van der Waals surface area contributed by atoms with Crippen molar-refractivity contribution in [1.29, 1.82) is 0 Å². The lowest BCUT2D eigenvalue weighted by Crippen LogP contribution is -1.91. The predicted molar refractivity (Wildman–Crippen MR) is 61.6 cm³/mol. The molecule has 1 rings (SSSR count). The van der Waals surface area contributed by atoms with E-state index in [0.29, 0.717) is 0 Å². The first-order valence-corrected chi connectivity index (χ1v) is 4.48. The van der Waals surface area contributed by atoms with Crippen LogP contribution in [0.3, 0.4) is 0 Å². The summed E-state index contributed by atoms with van der Waals surface area (Å²) in [6, 6.07) is 10.5. The highest BCUT2D eigenvalue weighted by molar-refractivity contribution is 5.80. The molecule has 84 valence electrons. The molecule has 0 fully saturated rings. The summed E-state index contributed by atoms with van der Waals surface area (Å²) in [5.41, 5.74) is 1.41. The number of benzene rings is 1. The van der Waals surface area contributed by atoms with Crippen molar-refractivity contribution < 1.29 is 15.0 Å². The molecule has 3 heteroatoms. The number of carbonyl (C=O) groups excluding carboxylic acids is 1. The highest BCUT2D eigenvalue weighted by Crippen LogP contribution is 1.96. The largest absolute Gasteiger partial charge is 0.466 e. The van der Waals surface area contributed by atoms with Crippen molar-refractivity contribution in [3.8, 4) is 0 Å². The molecular formula is C12H18O3. The Hall–Kier alpha value is -1.61. The van der Waals surface area contributed by atoms with Gasteiger partial charge in [0.1, 0.15) is 0 Å². The standard InChI is InChI=1S/C8H10.C4H6O2.H2O/c1-2-8-6-4-3-5-7-8;1-3-4(5)6-2;/h3-7H,2H2,1H3;3H,1H2,2H3;1H2. The molecule has 3 nitrogen and oxygen atoms in total. The number of methoxy groups -OCH3 is 1. The molecule has 0 radical (unpaired) electrons. The molecule has 0 amide bonds. The van der Waals surface area contributed by atoms with Crippen molar-refractivity contribution in [3.05, 3.63) is 48.6 Å². The zero-order valence-corrected chi connectivity index (χ0v) is 9.19. The normalized spacial score (nSPS) is 7.60. The molecule has 1 aromatic carbocycles. The number of ether oxygens (including phenoxy) is 1. The van der Waals surface area contributed by atoms with E-state index in [1.54, 1.807) is 0 Å². The van der Waals surface area contributed by atoms with Crippen LogP contribution in [-0.2, 0) is 16.0 Å². The van der Waals surface area contributed by atoms with Crippen LogP contribution in [-0.4, -0.2) is 18.6 Å². The number of esters is 1. The van der Waals surface area contributed by atoms with Gasteiger partial charge in [-0.25, -0.2) is 4.79 Å². The van der Waals surface area contributed by atoms with E-state index in [2.05, 4.69) is 42.5 Å². The summed E-state index contributed by atoms with van der Waals surface area (Å²) in [5.74, 6) is -0.394. The Morgan fingerprint density at radius 3 is 2.13 bits per heavy atom. The quantitative estimate of drug-likeness (QED) is 0.551. The van der Waals surface area contributed by atoms with Gasteiger partial charge >= 0.3 is 5.97 Å². The summed E-state index contributed by atoms with van der Waals surface area (Å²) in [6.45, 7) is 5.32. The van der Waals surface area contributed by atoms with Gasteiger partial charge in [0.25, 0.3) is 0 Å². The molecule has 15 heavy (non-hydrogen) atoms. The maximum Gasteiger partial charge on any atom is 0.329 e. The molecule has 2 N–H and O–H groups in total. The van der Waals surface area contributed by atoms with Gasteiger partial charge in [-0.05, 0) is 12.0 Å². The van der Waals surface area contributed by atoms with E-state index in [9.17, 15) is 4.79 Å². The Balaban J connectivity index is 0. The summed E-state index contributed by atoms with van der Waals surface area (Å²) in [6.07, 6.45) is 2.25. The Kier molecular flexibility index (Phi) is 11.1. The molecule has 0 aromatic heterocycles. The fraction of sp³-hybridized carbons (Fsp3) is 0.250. The van der Waals surface area contributed by atoms with Gasteiger partial charge in [0.2, 0.25) is 0 Å². The molecule has 0 heterocycles. The average Bonchev–Trinajstić information content (AvgIpc) is 2.30. The number of carbonyl (C=O) groups is 1. The van der Waals surface area contributed by atoms with Crippen molar-refractivity contribution in [2.75, 3.05) is 7.11 Å². The first-order chi connectivity index (χ1) is 6.74. The van der Waals surface area contributed by atoms with Gasteiger partial charge in [-0.1, -0.05) is 43.8 Å². The minimum atomic E-state index is -0.394. The van der Waals surface area contributed by atoms with Crippen LogP contribution in [0.5, 0.6) is 0 Å². The molecule has 0 bridgehead atoms. The molecule has 0 saturated heterocycles. The second kappa shape index (κ2) is 10.5. The maximum absolute atomic E-state index is 9.84. The van der Waals surface area contributed by atoms with E-state index in [-0.39, 0.29) is 5.48 Å². The average molecular weight is 210 g/mol. The predicted octanol–water partition coefficient (Wildman–Crippen LogP) is 1.77. The van der Waals surface area contributed by atoms with Crippen LogP contribution >= 0.6 is 0 Å². The second-order valence-corrected chi connectivity index (χ2v) is 2.57. The van der Waals surface area contributed by atoms with Crippen LogP contribution in [0.2, 0.25) is 0 Å². The number of hydrogen-bond donors (Lipinski definition) is 0. The zero-order chi connectivity index (χ0) is 10.8. The van der Waals surface area contributed by atoms with Crippen LogP contribution in [0.25, 0.3) is 0 Å². The first kappa shape index (κ1) is 15.8. The molecule has 1 aromatic rings. The van der Waals surface area contributed by atoms with Crippen molar-refractivity contribution >= 4 is 5.97 Å². The molecule has 0 atom stereocenters. The molecule has 0 aliphatic rings. The summed E-state index contributed by atoms with van der Waals surface area (Å²) in [5, 5.41) is 0. The minimum absolute atomic E-state index is 0. The maximum atomic E-state index is 9.84. The third-order valence-corrected chi connectivity index (χ3v) is 1.62. The lowest BCUT2D eigenvalue weighted by atomic mass is 10.2. The van der Waals surface area contributed by atoms with Crippen molar-refractivity contribution in [2.45, 2.75) is 13.3 Å². The van der Waals surface area contributed by atoms with Gasteiger partial charge in [-0.3, -0.25) is 0 Å². The van der Waals surface area contributed by atoms with Crippen LogP contribution in [0, 0.1) is 0 Å². The highest BCUT2D eigenvalue weighted by atomic mass is 16.5. The first-order valence-electron chi connectivity index (χ1n) is 4.48. The Bertz CT molecular complexity index is 267. The summed E-state index contributed by atoms with van der Waals surface area (Å²) >= 11 is 0. The zero-order valence-electron chi connectivity index (χ0n) is 9.19. The number of aryl methyl sites for hydroxylation is 1. The van der Waals surface area contributed by atoms with Gasteiger partial charge in [-0.15, -0.1) is 0 Å². The van der Waals surface area contributed by atoms with Crippen LogP contribution < -0.4 is 0 Å². The van der Waals surface area contributed by atoms with Crippen LogP contribution in [0.1, 0.15) is 12.5 Å². The van der Waals surface area contributed by atoms with E-state index in [1.165, 1.54) is 12.7 Å². The number of rotatable bonds is 2. The van der Waals surface area contributed by atoms with Gasteiger partial charge in [-0.2, -0.15) is 0 Å². The van der Waals surface area contributed by atoms with Gasteiger partial charge < -0.3 is 10.2 Å². The monoisotopic (exact) mass is 210 g/mol. The Morgan fingerprint density at radius 1 is 1.40 bits per heavy atom. The summed E-state index contributed by atoms with van der Waals surface area (Å²) in [4.78, 5) is 9.84. The molecule has 0 spiro atoms. The highest BCUT2D eigenvalue weighted by Gasteiger charge is 1.82. The molecule has 0 aliphatic carbocycles. The second-order valence-electron chi connectivity index (χ2n) is 2.57. The van der Waals surface area contributed by atoms with Gasteiger partial charge in [0.05, 0.1) is 7.11 Å². The van der Waals surface area contributed by atoms with Crippen molar-refractivity contribution in [2.24, 2.45) is 0 Å². The topological polar surface area (TPSA) is 57.8 Å².